The number of hydrogen-bond donors (Lipinski definition) is 2. The van der Waals surface area contributed by atoms with Crippen molar-refractivity contribution >= 4 is 0 Å². The van der Waals surface area contributed by atoms with E-state index in [0.717, 1.165) is 6.07 Å². The molecule has 9 heteroatoms. The van der Waals surface area contributed by atoms with Gasteiger partial charge in [-0.3, -0.25) is 4.98 Å². The highest BCUT2D eigenvalue weighted by Crippen LogP contribution is 2.34. The van der Waals surface area contributed by atoms with Gasteiger partial charge in [-0.05, 0) is 12.1 Å². The summed E-state index contributed by atoms with van der Waals surface area (Å²) in [6.45, 7) is 0. The van der Waals surface area contributed by atoms with Crippen LogP contribution in [-0.2, 0) is 0 Å². The highest BCUT2D eigenvalue weighted by atomic mass is 19.4. The summed E-state index contributed by atoms with van der Waals surface area (Å²) in [6, 6.07) is 2.26. The Labute approximate surface area is 96.7 Å². The molecule has 0 aromatic carbocycles. The average Bonchev–Trinajstić information content (AvgIpc) is 2.24. The molecule has 2 N–H and O–H groups in total. The van der Waals surface area contributed by atoms with Crippen LogP contribution < -0.4 is 0 Å². The van der Waals surface area contributed by atoms with Crippen molar-refractivity contribution in [2.45, 2.75) is 24.6 Å². The first-order chi connectivity index (χ1) is 8.03. The van der Waals surface area contributed by atoms with E-state index < -0.39 is 35.9 Å². The SMILES string of the molecule is O[C@@H](c1cccc([C@H](O)C(F)(F)F)n1)C(F)(F)F. The first-order valence-corrected chi connectivity index (χ1v) is 4.50. The van der Waals surface area contributed by atoms with Gasteiger partial charge < -0.3 is 10.2 Å². The summed E-state index contributed by atoms with van der Waals surface area (Å²) in [5.74, 6) is 0. The van der Waals surface area contributed by atoms with Crippen molar-refractivity contribution in [1.82, 2.24) is 4.98 Å². The zero-order valence-corrected chi connectivity index (χ0v) is 8.50. The van der Waals surface area contributed by atoms with Crippen molar-refractivity contribution in [1.29, 1.82) is 0 Å². The average molecular weight is 275 g/mol. The second kappa shape index (κ2) is 4.73. The van der Waals surface area contributed by atoms with Gasteiger partial charge in [-0.25, -0.2) is 0 Å². The molecule has 0 aliphatic rings. The minimum atomic E-state index is -5.05. The van der Waals surface area contributed by atoms with Gasteiger partial charge in [-0.15, -0.1) is 0 Å². The maximum absolute atomic E-state index is 12.1. The number of pyridine rings is 1. The second-order valence-corrected chi connectivity index (χ2v) is 3.38. The van der Waals surface area contributed by atoms with Crippen molar-refractivity contribution in [3.63, 3.8) is 0 Å². The zero-order valence-electron chi connectivity index (χ0n) is 8.50. The highest BCUT2D eigenvalue weighted by molar-refractivity contribution is 5.16. The fourth-order valence-electron chi connectivity index (χ4n) is 1.11. The Bertz CT molecular complexity index is 381. The third-order valence-corrected chi connectivity index (χ3v) is 1.97. The minimum absolute atomic E-state index is 0.713. The van der Waals surface area contributed by atoms with Crippen LogP contribution in [0.1, 0.15) is 23.6 Å². The number of rotatable bonds is 2. The van der Waals surface area contributed by atoms with Gasteiger partial charge in [0.25, 0.3) is 0 Å². The minimum Gasteiger partial charge on any atom is -0.378 e. The summed E-state index contributed by atoms with van der Waals surface area (Å²) in [6.07, 6.45) is -16.1. The third kappa shape index (κ3) is 3.33. The van der Waals surface area contributed by atoms with Crippen LogP contribution in [0.2, 0.25) is 0 Å². The monoisotopic (exact) mass is 275 g/mol. The molecule has 0 spiro atoms. The molecule has 0 aliphatic heterocycles. The van der Waals surface area contributed by atoms with Gasteiger partial charge in [0.2, 0.25) is 0 Å². The van der Waals surface area contributed by atoms with Crippen LogP contribution in [-0.4, -0.2) is 27.5 Å². The largest absolute Gasteiger partial charge is 0.420 e. The number of nitrogens with zero attached hydrogens (tertiary/aromatic N) is 1. The van der Waals surface area contributed by atoms with E-state index in [4.69, 9.17) is 10.2 Å². The lowest BCUT2D eigenvalue weighted by Gasteiger charge is -2.17. The summed E-state index contributed by atoms with van der Waals surface area (Å²) in [4.78, 5) is 2.97. The molecule has 3 nitrogen and oxygen atoms in total. The van der Waals surface area contributed by atoms with Crippen molar-refractivity contribution in [3.8, 4) is 0 Å². The smallest absolute Gasteiger partial charge is 0.378 e. The first-order valence-electron chi connectivity index (χ1n) is 4.50. The number of aliphatic hydroxyl groups excluding tert-OH is 2. The molecule has 0 amide bonds. The van der Waals surface area contributed by atoms with Crippen molar-refractivity contribution in [2.75, 3.05) is 0 Å². The van der Waals surface area contributed by atoms with Gasteiger partial charge in [0, 0.05) is 0 Å². The summed E-state index contributed by atoms with van der Waals surface area (Å²) in [5.41, 5.74) is -2.02. The van der Waals surface area contributed by atoms with E-state index in [1.54, 1.807) is 0 Å². The van der Waals surface area contributed by atoms with Crippen LogP contribution in [0.15, 0.2) is 18.2 Å². The molecule has 0 aliphatic carbocycles. The molecule has 1 aromatic rings. The number of hydrogen-bond acceptors (Lipinski definition) is 3. The van der Waals surface area contributed by atoms with E-state index in [1.807, 2.05) is 0 Å². The van der Waals surface area contributed by atoms with Crippen molar-refractivity contribution in [2.24, 2.45) is 0 Å². The molecule has 0 bridgehead atoms. The molecular formula is C9H7F6NO2. The van der Waals surface area contributed by atoms with Crippen LogP contribution in [0.25, 0.3) is 0 Å². The van der Waals surface area contributed by atoms with Crippen molar-refractivity contribution in [3.05, 3.63) is 29.6 Å². The Morgan fingerprint density at radius 1 is 0.833 bits per heavy atom. The standard InChI is InChI=1S/C9H7F6NO2/c10-8(11,12)6(17)4-2-1-3-5(16-4)7(18)9(13,14)15/h1-3,6-7,17-18H/t6-,7-/m0/s1. The normalized spacial score (nSPS) is 16.4. The number of alkyl halides is 6. The predicted molar refractivity (Wildman–Crippen MR) is 46.3 cm³/mol. The topological polar surface area (TPSA) is 53.4 Å². The predicted octanol–water partition coefficient (Wildman–Crippen LogP) is 2.27. The van der Waals surface area contributed by atoms with Crippen LogP contribution in [0.4, 0.5) is 26.3 Å². The molecule has 0 radical (unpaired) electrons. The number of aliphatic hydroxyl groups is 2. The Kier molecular flexibility index (Phi) is 3.86. The van der Waals surface area contributed by atoms with E-state index in [2.05, 4.69) is 4.98 Å². The lowest BCUT2D eigenvalue weighted by atomic mass is 10.1. The molecule has 1 rings (SSSR count). The quantitative estimate of drug-likeness (QED) is 0.814. The number of aromatic nitrogens is 1. The molecule has 18 heavy (non-hydrogen) atoms. The third-order valence-electron chi connectivity index (χ3n) is 1.97. The van der Waals surface area contributed by atoms with Crippen LogP contribution in [0.3, 0.4) is 0 Å². The Hall–Kier alpha value is -1.35. The van der Waals surface area contributed by atoms with E-state index in [1.165, 1.54) is 0 Å². The van der Waals surface area contributed by atoms with Crippen LogP contribution in [0.5, 0.6) is 0 Å². The molecule has 0 fully saturated rings. The Balaban J connectivity index is 3.07. The van der Waals surface area contributed by atoms with Gasteiger partial charge >= 0.3 is 12.4 Å². The van der Waals surface area contributed by atoms with Crippen LogP contribution in [0, 0.1) is 0 Å². The molecule has 1 heterocycles. The van der Waals surface area contributed by atoms with E-state index in [0.29, 0.717) is 12.1 Å². The Morgan fingerprint density at radius 2 is 1.17 bits per heavy atom. The van der Waals surface area contributed by atoms with Gasteiger partial charge in [0.05, 0.1) is 11.4 Å². The number of halogens is 6. The van der Waals surface area contributed by atoms with Gasteiger partial charge in [0.1, 0.15) is 0 Å². The summed E-state index contributed by atoms with van der Waals surface area (Å²) in [7, 11) is 0. The zero-order chi connectivity index (χ0) is 14.1. The first kappa shape index (κ1) is 14.7. The molecular weight excluding hydrogens is 268 g/mol. The van der Waals surface area contributed by atoms with Gasteiger partial charge in [0.15, 0.2) is 12.2 Å². The molecule has 0 saturated carbocycles. The lowest BCUT2D eigenvalue weighted by Crippen LogP contribution is -2.24. The van der Waals surface area contributed by atoms with E-state index in [9.17, 15) is 26.3 Å². The second-order valence-electron chi connectivity index (χ2n) is 3.38. The van der Waals surface area contributed by atoms with Gasteiger partial charge in [-0.2, -0.15) is 26.3 Å². The fraction of sp³-hybridized carbons (Fsp3) is 0.444. The molecule has 102 valence electrons. The summed E-state index contributed by atoms with van der Waals surface area (Å²) >= 11 is 0. The fourth-order valence-corrected chi connectivity index (χ4v) is 1.11. The summed E-state index contributed by atoms with van der Waals surface area (Å²) in [5, 5.41) is 17.6. The lowest BCUT2D eigenvalue weighted by molar-refractivity contribution is -0.210. The van der Waals surface area contributed by atoms with Gasteiger partial charge in [-0.1, -0.05) is 6.07 Å². The van der Waals surface area contributed by atoms with E-state index >= 15 is 0 Å². The molecule has 0 saturated heterocycles. The highest BCUT2D eigenvalue weighted by Gasteiger charge is 2.43. The molecule has 1 aromatic heterocycles. The van der Waals surface area contributed by atoms with Crippen LogP contribution >= 0.6 is 0 Å². The maximum atomic E-state index is 12.1. The Morgan fingerprint density at radius 3 is 1.44 bits per heavy atom. The maximum Gasteiger partial charge on any atom is 0.420 e. The van der Waals surface area contributed by atoms with Crippen molar-refractivity contribution < 1.29 is 36.6 Å². The van der Waals surface area contributed by atoms with E-state index in [-0.39, 0.29) is 0 Å². The molecule has 2 atom stereocenters. The molecule has 0 unspecified atom stereocenters. The summed E-state index contributed by atoms with van der Waals surface area (Å²) < 4.78 is 72.8.